The van der Waals surface area contributed by atoms with Crippen molar-refractivity contribution in [2.45, 2.75) is 32.1 Å². The van der Waals surface area contributed by atoms with Gasteiger partial charge in [0, 0.05) is 24.6 Å². The first-order valence-electron chi connectivity index (χ1n) is 9.70. The van der Waals surface area contributed by atoms with Crippen molar-refractivity contribution in [1.82, 2.24) is 20.1 Å². The second-order valence-corrected chi connectivity index (χ2v) is 7.46. The van der Waals surface area contributed by atoms with E-state index < -0.39 is 0 Å². The molecule has 0 bridgehead atoms. The molecule has 2 heterocycles. The number of piperidine rings is 1. The molecule has 1 amide bonds. The number of likely N-dealkylation sites (tertiary alicyclic amines) is 1. The number of hydrogen-bond acceptors (Lipinski definition) is 4. The van der Waals surface area contributed by atoms with Crippen molar-refractivity contribution < 1.29 is 4.79 Å². The molecule has 3 aromatic rings. The van der Waals surface area contributed by atoms with Crippen molar-refractivity contribution in [2.75, 3.05) is 18.8 Å². The Morgan fingerprint density at radius 3 is 2.54 bits per heavy atom. The van der Waals surface area contributed by atoms with E-state index in [2.05, 4.69) is 52.4 Å². The van der Waals surface area contributed by atoms with E-state index in [1.807, 2.05) is 23.1 Å². The number of hydrogen-bond donors (Lipinski definition) is 2. The third-order valence-electron chi connectivity index (χ3n) is 5.45. The third-order valence-corrected chi connectivity index (χ3v) is 5.45. The molecule has 3 N–H and O–H groups in total. The Morgan fingerprint density at radius 2 is 1.86 bits per heavy atom. The first-order valence-corrected chi connectivity index (χ1v) is 9.70. The second kappa shape index (κ2) is 7.84. The Kier molecular flexibility index (Phi) is 5.10. The fourth-order valence-corrected chi connectivity index (χ4v) is 3.81. The number of carbonyl (C=O) groups excluding carboxylic acids is 1. The summed E-state index contributed by atoms with van der Waals surface area (Å²) in [6.45, 7) is 3.50. The van der Waals surface area contributed by atoms with Gasteiger partial charge in [0.1, 0.15) is 5.82 Å². The number of nitrogen functional groups attached to an aromatic ring is 1. The van der Waals surface area contributed by atoms with Crippen LogP contribution in [0.5, 0.6) is 0 Å². The van der Waals surface area contributed by atoms with Crippen LogP contribution in [0.15, 0.2) is 48.5 Å². The molecule has 0 atom stereocenters. The van der Waals surface area contributed by atoms with Crippen molar-refractivity contribution >= 4 is 11.9 Å². The molecule has 0 aliphatic carbocycles. The number of aromatic nitrogens is 3. The first kappa shape index (κ1) is 18.2. The number of carbonyl (C=O) groups is 1. The van der Waals surface area contributed by atoms with Crippen LogP contribution in [0, 0.1) is 6.92 Å². The maximum atomic E-state index is 13.2. The monoisotopic (exact) mass is 375 g/mol. The van der Waals surface area contributed by atoms with E-state index in [9.17, 15) is 4.79 Å². The van der Waals surface area contributed by atoms with Gasteiger partial charge in [-0.3, -0.25) is 9.89 Å². The molecule has 1 saturated heterocycles. The Morgan fingerprint density at radius 1 is 1.14 bits per heavy atom. The average molecular weight is 375 g/mol. The van der Waals surface area contributed by atoms with Crippen LogP contribution < -0.4 is 5.73 Å². The molecule has 6 heteroatoms. The number of amides is 1. The summed E-state index contributed by atoms with van der Waals surface area (Å²) in [6, 6.07) is 16.4. The van der Waals surface area contributed by atoms with Crippen LogP contribution in [0.2, 0.25) is 0 Å². The van der Waals surface area contributed by atoms with Gasteiger partial charge in [0.25, 0.3) is 5.91 Å². The van der Waals surface area contributed by atoms with Crippen molar-refractivity contribution in [1.29, 1.82) is 0 Å². The standard InChI is InChI=1S/C22H25N5O/c1-15-6-8-16(9-7-15)14-18-4-2-3-5-19(18)21(28)27-12-10-17(11-13-27)20-24-22(23)26-25-20/h2-9,17H,10-14H2,1H3,(H3,23,24,25,26). The highest BCUT2D eigenvalue weighted by Gasteiger charge is 2.27. The molecule has 0 radical (unpaired) electrons. The smallest absolute Gasteiger partial charge is 0.254 e. The Hall–Kier alpha value is -3.15. The number of nitrogens with zero attached hydrogens (tertiary/aromatic N) is 3. The topological polar surface area (TPSA) is 87.9 Å². The zero-order chi connectivity index (χ0) is 19.5. The van der Waals surface area contributed by atoms with Gasteiger partial charge in [-0.1, -0.05) is 48.0 Å². The minimum absolute atomic E-state index is 0.109. The van der Waals surface area contributed by atoms with E-state index in [-0.39, 0.29) is 17.8 Å². The van der Waals surface area contributed by atoms with Crippen molar-refractivity contribution in [2.24, 2.45) is 0 Å². The molecule has 1 fully saturated rings. The summed E-state index contributed by atoms with van der Waals surface area (Å²) in [5.41, 5.74) is 9.93. The summed E-state index contributed by atoms with van der Waals surface area (Å²) < 4.78 is 0. The number of nitrogens with two attached hydrogens (primary N) is 1. The molecule has 4 rings (SSSR count). The number of aryl methyl sites for hydroxylation is 1. The number of H-pyrrole nitrogens is 1. The van der Waals surface area contributed by atoms with Crippen LogP contribution in [0.3, 0.4) is 0 Å². The third kappa shape index (κ3) is 3.91. The molecule has 0 unspecified atom stereocenters. The molecule has 2 aromatic carbocycles. The molecule has 6 nitrogen and oxygen atoms in total. The van der Waals surface area contributed by atoms with Crippen LogP contribution in [0.4, 0.5) is 5.95 Å². The number of benzene rings is 2. The van der Waals surface area contributed by atoms with Gasteiger partial charge in [0.15, 0.2) is 0 Å². The fraction of sp³-hybridized carbons (Fsp3) is 0.318. The van der Waals surface area contributed by atoms with Gasteiger partial charge < -0.3 is 10.6 Å². The fourth-order valence-electron chi connectivity index (χ4n) is 3.81. The lowest BCUT2D eigenvalue weighted by molar-refractivity contribution is 0.0710. The van der Waals surface area contributed by atoms with E-state index in [0.717, 1.165) is 36.2 Å². The highest BCUT2D eigenvalue weighted by atomic mass is 16.2. The molecule has 144 valence electrons. The van der Waals surface area contributed by atoms with E-state index in [4.69, 9.17) is 5.73 Å². The molecule has 1 aliphatic rings. The molecule has 1 aliphatic heterocycles. The number of rotatable bonds is 4. The molecule has 0 spiro atoms. The lowest BCUT2D eigenvalue weighted by Crippen LogP contribution is -2.38. The minimum Gasteiger partial charge on any atom is -0.367 e. The quantitative estimate of drug-likeness (QED) is 0.732. The summed E-state index contributed by atoms with van der Waals surface area (Å²) in [5.74, 6) is 1.48. The van der Waals surface area contributed by atoms with Gasteiger partial charge >= 0.3 is 0 Å². The summed E-state index contributed by atoms with van der Waals surface area (Å²) in [5, 5.41) is 6.81. The highest BCUT2D eigenvalue weighted by Crippen LogP contribution is 2.27. The van der Waals surface area contributed by atoms with E-state index in [0.29, 0.717) is 13.1 Å². The minimum atomic E-state index is 0.109. The van der Waals surface area contributed by atoms with Gasteiger partial charge in [-0.25, -0.2) is 0 Å². The maximum absolute atomic E-state index is 13.2. The Bertz CT molecular complexity index is 955. The SMILES string of the molecule is Cc1ccc(Cc2ccccc2C(=O)N2CCC(c3nc(N)n[nH]3)CC2)cc1. The van der Waals surface area contributed by atoms with Gasteiger partial charge in [0.2, 0.25) is 5.95 Å². The van der Waals surface area contributed by atoms with Crippen LogP contribution in [0.25, 0.3) is 0 Å². The summed E-state index contributed by atoms with van der Waals surface area (Å²) in [6.07, 6.45) is 2.48. The highest BCUT2D eigenvalue weighted by molar-refractivity contribution is 5.95. The van der Waals surface area contributed by atoms with Crippen molar-refractivity contribution in [3.8, 4) is 0 Å². The molecular formula is C22H25N5O. The molecule has 28 heavy (non-hydrogen) atoms. The first-order chi connectivity index (χ1) is 13.6. The number of aromatic amines is 1. The summed E-state index contributed by atoms with van der Waals surface area (Å²) in [7, 11) is 0. The van der Waals surface area contributed by atoms with Crippen molar-refractivity contribution in [3.63, 3.8) is 0 Å². The number of nitrogens with one attached hydrogen (secondary N) is 1. The Labute approximate surface area is 164 Å². The average Bonchev–Trinajstić information content (AvgIpc) is 3.16. The molecule has 0 saturated carbocycles. The maximum Gasteiger partial charge on any atom is 0.254 e. The second-order valence-electron chi connectivity index (χ2n) is 7.46. The predicted molar refractivity (Wildman–Crippen MR) is 109 cm³/mol. The zero-order valence-corrected chi connectivity index (χ0v) is 16.1. The van der Waals surface area contributed by atoms with Crippen LogP contribution in [0.1, 0.15) is 51.6 Å². The van der Waals surface area contributed by atoms with E-state index in [1.165, 1.54) is 11.1 Å². The normalized spacial score (nSPS) is 15.0. The number of anilines is 1. The van der Waals surface area contributed by atoms with E-state index >= 15 is 0 Å². The van der Waals surface area contributed by atoms with Crippen LogP contribution in [-0.4, -0.2) is 39.1 Å². The van der Waals surface area contributed by atoms with Crippen LogP contribution in [-0.2, 0) is 6.42 Å². The lowest BCUT2D eigenvalue weighted by Gasteiger charge is -2.31. The lowest BCUT2D eigenvalue weighted by atomic mass is 9.94. The van der Waals surface area contributed by atoms with Crippen molar-refractivity contribution in [3.05, 3.63) is 76.6 Å². The van der Waals surface area contributed by atoms with Gasteiger partial charge in [0.05, 0.1) is 0 Å². The predicted octanol–water partition coefficient (Wildman–Crippen LogP) is 3.31. The summed E-state index contributed by atoms with van der Waals surface area (Å²) >= 11 is 0. The largest absolute Gasteiger partial charge is 0.367 e. The van der Waals surface area contributed by atoms with Crippen LogP contribution >= 0.6 is 0 Å². The van der Waals surface area contributed by atoms with Gasteiger partial charge in [-0.05, 0) is 43.4 Å². The van der Waals surface area contributed by atoms with E-state index in [1.54, 1.807) is 0 Å². The Balaban J connectivity index is 1.46. The van der Waals surface area contributed by atoms with Gasteiger partial charge in [-0.15, -0.1) is 5.10 Å². The molecular weight excluding hydrogens is 350 g/mol. The van der Waals surface area contributed by atoms with Gasteiger partial charge in [-0.2, -0.15) is 4.98 Å². The zero-order valence-electron chi connectivity index (χ0n) is 16.1. The summed E-state index contributed by atoms with van der Waals surface area (Å²) in [4.78, 5) is 19.4. The molecule has 1 aromatic heterocycles.